The van der Waals surface area contributed by atoms with Crippen LogP contribution in [0, 0.1) is 0 Å². The molecule has 0 saturated carbocycles. The van der Waals surface area contributed by atoms with Gasteiger partial charge in [-0.3, -0.25) is 0 Å². The van der Waals surface area contributed by atoms with Crippen molar-refractivity contribution in [3.63, 3.8) is 0 Å². The second-order valence-electron chi connectivity index (χ2n) is 12.1. The second kappa shape index (κ2) is 15.6. The fourth-order valence-corrected chi connectivity index (χ4v) is 6.02. The van der Waals surface area contributed by atoms with E-state index in [1.165, 1.54) is 12.1 Å². The molecule has 7 nitrogen and oxygen atoms in total. The summed E-state index contributed by atoms with van der Waals surface area (Å²) in [6.45, 7) is 1.25. The van der Waals surface area contributed by atoms with Crippen molar-refractivity contribution < 1.29 is 33.9 Å². The second-order valence-corrected chi connectivity index (χ2v) is 12.1. The maximum atomic E-state index is 10.6. The molecule has 252 valence electrons. The maximum Gasteiger partial charge on any atom is 0.157 e. The molecule has 7 rings (SSSR count). The smallest absolute Gasteiger partial charge is 0.157 e. The molecular formula is C43H38O7. The zero-order chi connectivity index (χ0) is 34.1. The lowest BCUT2D eigenvalue weighted by Gasteiger charge is -2.40. The molecule has 1 unspecified atom stereocenters. The van der Waals surface area contributed by atoms with Gasteiger partial charge in [0.15, 0.2) is 17.6 Å². The first kappa shape index (κ1) is 32.8. The Labute approximate surface area is 291 Å². The van der Waals surface area contributed by atoms with E-state index in [2.05, 4.69) is 0 Å². The van der Waals surface area contributed by atoms with Gasteiger partial charge in [-0.15, -0.1) is 0 Å². The van der Waals surface area contributed by atoms with E-state index >= 15 is 0 Å². The molecule has 0 radical (unpaired) electrons. The van der Waals surface area contributed by atoms with Gasteiger partial charge in [0, 0.05) is 12.1 Å². The summed E-state index contributed by atoms with van der Waals surface area (Å²) in [6, 6.07) is 48.2. The van der Waals surface area contributed by atoms with E-state index in [-0.39, 0.29) is 18.1 Å². The Morgan fingerprint density at radius 3 is 1.58 bits per heavy atom. The summed E-state index contributed by atoms with van der Waals surface area (Å²) in [5.41, 5.74) is 5.31. The van der Waals surface area contributed by atoms with E-state index in [0.717, 1.165) is 22.3 Å². The van der Waals surface area contributed by atoms with Crippen molar-refractivity contribution in [1.29, 1.82) is 0 Å². The summed E-state index contributed by atoms with van der Waals surface area (Å²) in [5, 5.41) is 20.7. The highest BCUT2D eigenvalue weighted by Gasteiger charge is 2.44. The van der Waals surface area contributed by atoms with E-state index in [0.29, 0.717) is 48.2 Å². The summed E-state index contributed by atoms with van der Waals surface area (Å²) in [4.78, 5) is 0. The Hall–Kier alpha value is -5.76. The van der Waals surface area contributed by atoms with Crippen LogP contribution in [-0.4, -0.2) is 16.3 Å². The number of fused-ring (bicyclic) bond motifs is 1. The summed E-state index contributed by atoms with van der Waals surface area (Å²) >= 11 is 0. The Kier molecular flexibility index (Phi) is 10.2. The van der Waals surface area contributed by atoms with Crippen molar-refractivity contribution >= 4 is 0 Å². The van der Waals surface area contributed by atoms with Crippen molar-refractivity contribution in [3.05, 3.63) is 185 Å². The maximum absolute atomic E-state index is 10.6. The molecule has 50 heavy (non-hydrogen) atoms. The van der Waals surface area contributed by atoms with Crippen molar-refractivity contribution in [3.8, 4) is 28.7 Å². The lowest BCUT2D eigenvalue weighted by Crippen LogP contribution is -2.38. The third-order valence-corrected chi connectivity index (χ3v) is 8.58. The molecule has 0 bridgehead atoms. The van der Waals surface area contributed by atoms with Gasteiger partial charge in [-0.05, 0) is 39.9 Å². The predicted octanol–water partition coefficient (Wildman–Crippen LogP) is 9.23. The van der Waals surface area contributed by atoms with E-state index in [1.807, 2.05) is 133 Å². The van der Waals surface area contributed by atoms with Gasteiger partial charge in [0.2, 0.25) is 0 Å². The molecule has 2 N–H and O–H groups in total. The Balaban J connectivity index is 1.33. The topological polar surface area (TPSA) is 86.6 Å². The number of phenols is 2. The normalized spacial score (nSPS) is 16.6. The van der Waals surface area contributed by atoms with Crippen LogP contribution in [0.5, 0.6) is 28.7 Å². The quantitative estimate of drug-likeness (QED) is 0.119. The van der Waals surface area contributed by atoms with Gasteiger partial charge in [-0.1, -0.05) is 127 Å². The van der Waals surface area contributed by atoms with Gasteiger partial charge in [0.05, 0.1) is 18.8 Å². The van der Waals surface area contributed by atoms with E-state index in [4.69, 9.17) is 23.7 Å². The standard InChI is InChI=1S/C43H38O7/c44-36-22-21-34(23-37(36)45)41-43(49-29-33-19-11-4-12-20-33)42(48-28-32-17-9-3-10-18-32)40-38(47-27-31-15-7-2-8-16-31)24-35(25-39(40)50-41)46-26-30-13-5-1-6-14-30/h1-25,41-45H,26-29H2/t41-,42?,43+/m1/s1. The van der Waals surface area contributed by atoms with Crippen molar-refractivity contribution in [2.75, 3.05) is 0 Å². The van der Waals surface area contributed by atoms with Gasteiger partial charge in [-0.25, -0.2) is 0 Å². The third kappa shape index (κ3) is 7.92. The van der Waals surface area contributed by atoms with Crippen LogP contribution in [0.2, 0.25) is 0 Å². The van der Waals surface area contributed by atoms with Gasteiger partial charge in [0.25, 0.3) is 0 Å². The number of benzene rings is 6. The molecule has 0 spiro atoms. The predicted molar refractivity (Wildman–Crippen MR) is 190 cm³/mol. The first-order valence-corrected chi connectivity index (χ1v) is 16.6. The molecule has 0 aromatic heterocycles. The average Bonchev–Trinajstić information content (AvgIpc) is 3.17. The molecule has 1 heterocycles. The summed E-state index contributed by atoms with van der Waals surface area (Å²) in [5.74, 6) is 1.14. The van der Waals surface area contributed by atoms with E-state index in [1.54, 1.807) is 6.07 Å². The van der Waals surface area contributed by atoms with Crippen LogP contribution < -0.4 is 14.2 Å². The number of hydrogen-bond acceptors (Lipinski definition) is 7. The lowest BCUT2D eigenvalue weighted by atomic mass is 9.90. The fraction of sp³-hybridized carbons (Fsp3) is 0.163. The Morgan fingerprint density at radius 1 is 0.500 bits per heavy atom. The number of ether oxygens (including phenoxy) is 5. The number of hydrogen-bond donors (Lipinski definition) is 2. The van der Waals surface area contributed by atoms with Crippen molar-refractivity contribution in [2.45, 2.75) is 44.7 Å². The summed E-state index contributed by atoms with van der Waals surface area (Å²) in [7, 11) is 0. The minimum atomic E-state index is -0.732. The van der Waals surface area contributed by atoms with Gasteiger partial charge in [0.1, 0.15) is 42.7 Å². The van der Waals surface area contributed by atoms with Crippen molar-refractivity contribution in [1.82, 2.24) is 0 Å². The van der Waals surface area contributed by atoms with Gasteiger partial charge in [-0.2, -0.15) is 0 Å². The van der Waals surface area contributed by atoms with Gasteiger partial charge < -0.3 is 33.9 Å². The fourth-order valence-electron chi connectivity index (χ4n) is 6.02. The van der Waals surface area contributed by atoms with Crippen molar-refractivity contribution in [2.24, 2.45) is 0 Å². The molecule has 0 aliphatic carbocycles. The number of rotatable bonds is 13. The first-order valence-electron chi connectivity index (χ1n) is 16.6. The van der Waals surface area contributed by atoms with Crippen LogP contribution in [0.3, 0.4) is 0 Å². The zero-order valence-electron chi connectivity index (χ0n) is 27.4. The lowest BCUT2D eigenvalue weighted by molar-refractivity contribution is -0.143. The minimum absolute atomic E-state index is 0.225. The molecule has 0 saturated heterocycles. The van der Waals surface area contributed by atoms with Crippen LogP contribution in [0.4, 0.5) is 0 Å². The molecule has 6 aromatic rings. The van der Waals surface area contributed by atoms with Crippen LogP contribution in [0.15, 0.2) is 152 Å². The van der Waals surface area contributed by atoms with Crippen LogP contribution in [0.25, 0.3) is 0 Å². The van der Waals surface area contributed by atoms with Crippen LogP contribution >= 0.6 is 0 Å². The highest BCUT2D eigenvalue weighted by Crippen LogP contribution is 2.51. The molecular weight excluding hydrogens is 628 g/mol. The van der Waals surface area contributed by atoms with Crippen LogP contribution in [0.1, 0.15) is 45.6 Å². The average molecular weight is 667 g/mol. The van der Waals surface area contributed by atoms with E-state index < -0.39 is 18.3 Å². The molecule has 7 heteroatoms. The largest absolute Gasteiger partial charge is 0.504 e. The molecule has 0 amide bonds. The highest BCUT2D eigenvalue weighted by atomic mass is 16.6. The number of phenolic OH excluding ortho intramolecular Hbond substituents is 2. The highest BCUT2D eigenvalue weighted by molar-refractivity contribution is 5.55. The Morgan fingerprint density at radius 2 is 1.02 bits per heavy atom. The molecule has 1 aliphatic rings. The summed E-state index contributed by atoms with van der Waals surface area (Å²) < 4.78 is 33.3. The molecule has 3 atom stereocenters. The van der Waals surface area contributed by atoms with Gasteiger partial charge >= 0.3 is 0 Å². The molecule has 0 fully saturated rings. The molecule has 1 aliphatic heterocycles. The third-order valence-electron chi connectivity index (χ3n) is 8.58. The SMILES string of the molecule is Oc1ccc([C@H]2Oc3cc(OCc4ccccc4)cc(OCc4ccccc4)c3C(OCc3ccccc3)[C@H]2OCc2ccccc2)cc1O. The Bertz CT molecular complexity index is 1970. The minimum Gasteiger partial charge on any atom is -0.504 e. The zero-order valence-corrected chi connectivity index (χ0v) is 27.4. The molecule has 6 aromatic carbocycles. The summed E-state index contributed by atoms with van der Waals surface area (Å²) in [6.07, 6.45) is -2.09. The first-order chi connectivity index (χ1) is 24.6. The monoisotopic (exact) mass is 666 g/mol. The van der Waals surface area contributed by atoms with Crippen LogP contribution in [-0.2, 0) is 35.9 Å². The van der Waals surface area contributed by atoms with E-state index in [9.17, 15) is 10.2 Å². The number of aromatic hydroxyl groups is 2.